The van der Waals surface area contributed by atoms with Crippen molar-refractivity contribution in [1.29, 1.82) is 0 Å². The monoisotopic (exact) mass is 362 g/mol. The van der Waals surface area contributed by atoms with E-state index in [1.807, 2.05) is 0 Å². The van der Waals surface area contributed by atoms with Crippen LogP contribution in [0.3, 0.4) is 0 Å². The van der Waals surface area contributed by atoms with Gasteiger partial charge in [-0.25, -0.2) is 0 Å². The summed E-state index contributed by atoms with van der Waals surface area (Å²) in [7, 11) is 0. The minimum absolute atomic E-state index is 0.669. The van der Waals surface area contributed by atoms with Crippen molar-refractivity contribution >= 4 is 15.9 Å². The summed E-state index contributed by atoms with van der Waals surface area (Å²) >= 11 is 3.55. The van der Waals surface area contributed by atoms with Gasteiger partial charge in [0.1, 0.15) is 0 Å². The van der Waals surface area contributed by atoms with Crippen LogP contribution in [0.2, 0.25) is 0 Å². The number of unbranched alkanes of at least 4 members (excludes halogenated alkanes) is 2. The molecule has 1 heteroatoms. The zero-order chi connectivity index (χ0) is 15.8. The fraction of sp³-hybridized carbons (Fsp3) is 0.619. The Morgan fingerprint density at radius 3 is 2.41 bits per heavy atom. The van der Waals surface area contributed by atoms with Gasteiger partial charge in [-0.15, -0.1) is 6.58 Å². The lowest BCUT2D eigenvalue weighted by Gasteiger charge is -2.34. The van der Waals surface area contributed by atoms with E-state index in [0.717, 1.165) is 18.3 Å². The maximum atomic E-state index is 3.99. The second-order valence-corrected chi connectivity index (χ2v) is 7.87. The van der Waals surface area contributed by atoms with Crippen molar-refractivity contribution in [3.8, 4) is 0 Å². The normalized spacial score (nSPS) is 23.2. The van der Waals surface area contributed by atoms with Gasteiger partial charge in [0.2, 0.25) is 0 Å². The molecular formula is C21H31Br. The number of allylic oxidation sites excluding steroid dienone is 1. The van der Waals surface area contributed by atoms with Crippen molar-refractivity contribution in [1.82, 2.24) is 0 Å². The molecule has 1 unspecified atom stereocenters. The zero-order valence-corrected chi connectivity index (χ0v) is 15.7. The fourth-order valence-electron chi connectivity index (χ4n) is 4.05. The summed E-state index contributed by atoms with van der Waals surface area (Å²) in [4.78, 5) is 0. The largest absolute Gasteiger partial charge is 0.103 e. The van der Waals surface area contributed by atoms with Gasteiger partial charge in [-0.1, -0.05) is 79.6 Å². The van der Waals surface area contributed by atoms with E-state index in [-0.39, 0.29) is 0 Å². The van der Waals surface area contributed by atoms with E-state index in [2.05, 4.69) is 59.8 Å². The van der Waals surface area contributed by atoms with E-state index < -0.39 is 0 Å². The number of halogens is 1. The second kappa shape index (κ2) is 9.55. The van der Waals surface area contributed by atoms with Crippen LogP contribution in [-0.2, 0) is 0 Å². The number of hydrogen-bond acceptors (Lipinski definition) is 0. The number of benzene rings is 1. The van der Waals surface area contributed by atoms with Crippen LogP contribution in [0, 0.1) is 11.8 Å². The van der Waals surface area contributed by atoms with Gasteiger partial charge < -0.3 is 0 Å². The van der Waals surface area contributed by atoms with Crippen molar-refractivity contribution in [2.24, 2.45) is 11.8 Å². The van der Waals surface area contributed by atoms with Gasteiger partial charge in [0.05, 0.1) is 0 Å². The van der Waals surface area contributed by atoms with Gasteiger partial charge in [0.25, 0.3) is 0 Å². The molecule has 1 saturated carbocycles. The molecule has 0 nitrogen and oxygen atoms in total. The first-order valence-corrected chi connectivity index (χ1v) is 9.90. The van der Waals surface area contributed by atoms with E-state index in [0.29, 0.717) is 5.92 Å². The van der Waals surface area contributed by atoms with Crippen LogP contribution >= 0.6 is 15.9 Å². The highest BCUT2D eigenvalue weighted by Gasteiger charge is 2.27. The third-order valence-electron chi connectivity index (χ3n) is 5.40. The smallest absolute Gasteiger partial charge is 0.0175 e. The minimum Gasteiger partial charge on any atom is -0.103 e. The molecule has 122 valence electrons. The van der Waals surface area contributed by atoms with E-state index >= 15 is 0 Å². The molecule has 0 aliphatic heterocycles. The molecule has 1 aromatic carbocycles. The minimum atomic E-state index is 0.669. The van der Waals surface area contributed by atoms with Crippen molar-refractivity contribution < 1.29 is 0 Å². The molecule has 1 aliphatic rings. The van der Waals surface area contributed by atoms with Gasteiger partial charge in [0, 0.05) is 4.47 Å². The van der Waals surface area contributed by atoms with Crippen LogP contribution in [0.4, 0.5) is 0 Å². The van der Waals surface area contributed by atoms with Crippen LogP contribution in [0.25, 0.3) is 0 Å². The predicted molar refractivity (Wildman–Crippen MR) is 101 cm³/mol. The Kier molecular flexibility index (Phi) is 7.72. The van der Waals surface area contributed by atoms with Gasteiger partial charge >= 0.3 is 0 Å². The number of hydrogen-bond donors (Lipinski definition) is 0. The summed E-state index contributed by atoms with van der Waals surface area (Å²) in [5, 5.41) is 0. The van der Waals surface area contributed by atoms with E-state index in [9.17, 15) is 0 Å². The molecule has 0 spiro atoms. The van der Waals surface area contributed by atoms with Crippen molar-refractivity contribution in [2.75, 3.05) is 0 Å². The van der Waals surface area contributed by atoms with Crippen LogP contribution in [-0.4, -0.2) is 0 Å². The Bertz CT molecular complexity index is 426. The summed E-state index contributed by atoms with van der Waals surface area (Å²) in [6.45, 7) is 6.29. The molecule has 0 amide bonds. The Morgan fingerprint density at radius 1 is 1.14 bits per heavy atom. The molecular weight excluding hydrogens is 332 g/mol. The van der Waals surface area contributed by atoms with E-state index in [1.54, 1.807) is 0 Å². The van der Waals surface area contributed by atoms with Crippen LogP contribution in [0.5, 0.6) is 0 Å². The molecule has 1 aromatic rings. The molecule has 1 fully saturated rings. The van der Waals surface area contributed by atoms with Crippen molar-refractivity contribution in [3.63, 3.8) is 0 Å². The van der Waals surface area contributed by atoms with E-state index in [1.165, 1.54) is 61.4 Å². The third kappa shape index (κ3) is 5.26. The van der Waals surface area contributed by atoms with Gasteiger partial charge in [-0.3, -0.25) is 0 Å². The highest BCUT2D eigenvalue weighted by atomic mass is 79.9. The predicted octanol–water partition coefficient (Wildman–Crippen LogP) is 7.50. The highest BCUT2D eigenvalue weighted by Crippen LogP contribution is 2.41. The van der Waals surface area contributed by atoms with Crippen LogP contribution < -0.4 is 0 Å². The Hall–Kier alpha value is -0.560. The first kappa shape index (κ1) is 17.8. The summed E-state index contributed by atoms with van der Waals surface area (Å²) < 4.78 is 1.17. The molecule has 1 atom stereocenters. The van der Waals surface area contributed by atoms with Gasteiger partial charge in [-0.2, -0.15) is 0 Å². The van der Waals surface area contributed by atoms with E-state index in [4.69, 9.17) is 0 Å². The van der Waals surface area contributed by atoms with Crippen LogP contribution in [0.1, 0.15) is 76.2 Å². The van der Waals surface area contributed by atoms with Crippen molar-refractivity contribution in [3.05, 3.63) is 47.0 Å². The summed E-state index contributed by atoms with van der Waals surface area (Å²) in [5.74, 6) is 2.51. The lowest BCUT2D eigenvalue weighted by atomic mass is 9.71. The molecule has 22 heavy (non-hydrogen) atoms. The standard InChI is InChI=1S/C21H31Br/c1-3-5-6-8-17-9-11-18(12-10-17)21(7-4-2)19-13-15-20(22)16-14-19/h4,13-18,21H,2-3,5-12H2,1H3/t17-,18-,21?. The summed E-state index contributed by atoms with van der Waals surface area (Å²) in [6.07, 6.45) is 14.6. The summed E-state index contributed by atoms with van der Waals surface area (Å²) in [5.41, 5.74) is 1.50. The topological polar surface area (TPSA) is 0 Å². The average molecular weight is 363 g/mol. The molecule has 0 bridgehead atoms. The molecule has 2 rings (SSSR count). The Morgan fingerprint density at radius 2 is 1.82 bits per heavy atom. The molecule has 0 N–H and O–H groups in total. The Labute approximate surface area is 145 Å². The first-order valence-electron chi connectivity index (χ1n) is 9.11. The quantitative estimate of drug-likeness (QED) is 0.331. The molecule has 0 saturated heterocycles. The lowest BCUT2D eigenvalue weighted by molar-refractivity contribution is 0.230. The second-order valence-electron chi connectivity index (χ2n) is 6.96. The van der Waals surface area contributed by atoms with Gasteiger partial charge in [-0.05, 0) is 54.7 Å². The maximum Gasteiger partial charge on any atom is 0.0175 e. The molecule has 1 aliphatic carbocycles. The first-order chi connectivity index (χ1) is 10.7. The SMILES string of the molecule is C=CCC(c1ccc(Br)cc1)[C@H]1CC[C@H](CCCCC)CC1. The third-order valence-corrected chi connectivity index (χ3v) is 5.92. The Balaban J connectivity index is 1.91. The molecule has 0 radical (unpaired) electrons. The van der Waals surface area contributed by atoms with Gasteiger partial charge in [0.15, 0.2) is 0 Å². The fourth-order valence-corrected chi connectivity index (χ4v) is 4.32. The van der Waals surface area contributed by atoms with Crippen molar-refractivity contribution in [2.45, 2.75) is 70.6 Å². The maximum absolute atomic E-state index is 3.99. The number of rotatable bonds is 8. The molecule has 0 heterocycles. The zero-order valence-electron chi connectivity index (χ0n) is 14.1. The molecule has 0 aromatic heterocycles. The van der Waals surface area contributed by atoms with Crippen LogP contribution in [0.15, 0.2) is 41.4 Å². The highest BCUT2D eigenvalue weighted by molar-refractivity contribution is 9.10. The average Bonchev–Trinajstić information content (AvgIpc) is 2.55. The lowest BCUT2D eigenvalue weighted by Crippen LogP contribution is -2.20. The summed E-state index contributed by atoms with van der Waals surface area (Å²) in [6, 6.07) is 8.96.